The number of ether oxygens (including phenoxy) is 1. The first kappa shape index (κ1) is 17.7. The summed E-state index contributed by atoms with van der Waals surface area (Å²) in [4.78, 5) is 22.7. The highest BCUT2D eigenvalue weighted by molar-refractivity contribution is 5.80. The topological polar surface area (TPSA) is 67.4 Å². The third kappa shape index (κ3) is 4.01. The molecule has 0 radical (unpaired) electrons. The van der Waals surface area contributed by atoms with Crippen LogP contribution in [0.15, 0.2) is 49.2 Å². The van der Waals surface area contributed by atoms with E-state index in [9.17, 15) is 4.79 Å². The Balaban J connectivity index is 0.00000312. The number of hydrogen-bond acceptors (Lipinski definition) is 6. The molecular formula is C18H26N4O2. The molecule has 2 heterocycles. The van der Waals surface area contributed by atoms with Gasteiger partial charge in [-0.2, -0.15) is 4.98 Å². The van der Waals surface area contributed by atoms with Crippen LogP contribution in [-0.4, -0.2) is 41.7 Å². The van der Waals surface area contributed by atoms with E-state index in [4.69, 9.17) is 4.74 Å². The van der Waals surface area contributed by atoms with E-state index in [1.807, 2.05) is 24.0 Å². The first-order valence-corrected chi connectivity index (χ1v) is 7.99. The van der Waals surface area contributed by atoms with Gasteiger partial charge in [-0.05, 0) is 31.4 Å². The summed E-state index contributed by atoms with van der Waals surface area (Å²) in [7, 11) is 1.41. The maximum Gasteiger partial charge on any atom is 0.328 e. The number of carbonyl (C=O) groups excluding carboxylic acids is 1. The number of methoxy groups -OCH3 is 1. The number of allylic oxidation sites excluding steroid dienone is 2. The standard InChI is InChI=1S/C18H24N4O2.H2/c1-5-8-14(6-2)13(3)20-18-19-11-10-16(21-18)22-12-7-9-15(22)17(23)24-4;/h5-6,8,10-11,13,15H,1-2,7,9,12H2,3-4H3,(H,19,20,21);1H/b14-8+;/t13-,15-;/m0./s1. The SMILES string of the molecule is C=C/C=C(\C=C)[C@H](C)Nc1nccc(N2CCC[C@H]2C(=O)OC)n1.[HH]. The number of rotatable bonds is 7. The lowest BCUT2D eigenvalue weighted by Crippen LogP contribution is -2.37. The van der Waals surface area contributed by atoms with Crippen LogP contribution < -0.4 is 10.2 Å². The molecule has 2 atom stereocenters. The predicted molar refractivity (Wildman–Crippen MR) is 98.1 cm³/mol. The number of hydrogen-bond donors (Lipinski definition) is 1. The first-order valence-electron chi connectivity index (χ1n) is 7.99. The molecule has 0 unspecified atom stereocenters. The van der Waals surface area contributed by atoms with Gasteiger partial charge in [-0.25, -0.2) is 9.78 Å². The molecule has 24 heavy (non-hydrogen) atoms. The molecule has 1 aromatic heterocycles. The van der Waals surface area contributed by atoms with Gasteiger partial charge >= 0.3 is 5.97 Å². The molecule has 6 nitrogen and oxygen atoms in total. The van der Waals surface area contributed by atoms with Gasteiger partial charge in [-0.1, -0.05) is 31.4 Å². The molecule has 0 saturated carbocycles. The lowest BCUT2D eigenvalue weighted by atomic mass is 10.1. The molecule has 1 aliphatic rings. The smallest absolute Gasteiger partial charge is 0.328 e. The van der Waals surface area contributed by atoms with Crippen molar-refractivity contribution in [1.29, 1.82) is 0 Å². The summed E-state index contributed by atoms with van der Waals surface area (Å²) in [5.41, 5.74) is 0.993. The Morgan fingerprint density at radius 3 is 3.04 bits per heavy atom. The van der Waals surface area contributed by atoms with Crippen LogP contribution in [0.1, 0.15) is 21.2 Å². The van der Waals surface area contributed by atoms with E-state index >= 15 is 0 Å². The summed E-state index contributed by atoms with van der Waals surface area (Å²) in [6.07, 6.45) is 8.79. The van der Waals surface area contributed by atoms with Crippen LogP contribution in [0.5, 0.6) is 0 Å². The summed E-state index contributed by atoms with van der Waals surface area (Å²) >= 11 is 0. The van der Waals surface area contributed by atoms with E-state index in [0.29, 0.717) is 5.95 Å². The van der Waals surface area contributed by atoms with E-state index in [-0.39, 0.29) is 19.5 Å². The minimum Gasteiger partial charge on any atom is -0.467 e. The monoisotopic (exact) mass is 330 g/mol. The fraction of sp³-hybridized carbons (Fsp3) is 0.389. The van der Waals surface area contributed by atoms with Crippen molar-refractivity contribution in [2.24, 2.45) is 0 Å². The maximum atomic E-state index is 11.9. The summed E-state index contributed by atoms with van der Waals surface area (Å²) in [5.74, 6) is 1.00. The zero-order valence-corrected chi connectivity index (χ0v) is 14.2. The maximum absolute atomic E-state index is 11.9. The third-order valence-corrected chi connectivity index (χ3v) is 4.05. The van der Waals surface area contributed by atoms with E-state index in [1.165, 1.54) is 7.11 Å². The molecule has 0 bridgehead atoms. The van der Waals surface area contributed by atoms with Gasteiger partial charge in [0.15, 0.2) is 0 Å². The number of nitrogens with zero attached hydrogens (tertiary/aromatic N) is 3. The van der Waals surface area contributed by atoms with Crippen molar-refractivity contribution in [3.8, 4) is 0 Å². The molecule has 1 saturated heterocycles. The quantitative estimate of drug-likeness (QED) is 0.612. The van der Waals surface area contributed by atoms with Crippen LogP contribution in [0.4, 0.5) is 11.8 Å². The zero-order valence-electron chi connectivity index (χ0n) is 14.2. The fourth-order valence-electron chi connectivity index (χ4n) is 2.80. The summed E-state index contributed by atoms with van der Waals surface area (Å²) < 4.78 is 4.89. The minimum absolute atomic E-state index is 0. The summed E-state index contributed by atoms with van der Waals surface area (Å²) in [6.45, 7) is 10.3. The van der Waals surface area contributed by atoms with E-state index < -0.39 is 0 Å². The molecule has 1 aliphatic heterocycles. The summed E-state index contributed by atoms with van der Waals surface area (Å²) in [6, 6.07) is 1.52. The minimum atomic E-state index is -0.278. The number of esters is 1. The van der Waals surface area contributed by atoms with Crippen molar-refractivity contribution in [2.75, 3.05) is 23.9 Å². The van der Waals surface area contributed by atoms with Gasteiger partial charge in [-0.3, -0.25) is 0 Å². The van der Waals surface area contributed by atoms with Gasteiger partial charge in [0.1, 0.15) is 11.9 Å². The van der Waals surface area contributed by atoms with Crippen LogP contribution in [0.2, 0.25) is 0 Å². The second kappa shape index (κ2) is 8.29. The Bertz CT molecular complexity index is 648. The lowest BCUT2D eigenvalue weighted by Gasteiger charge is -2.24. The molecule has 0 aliphatic carbocycles. The number of nitrogens with one attached hydrogen (secondary N) is 1. The normalized spacial score (nSPS) is 18.8. The van der Waals surface area contributed by atoms with Crippen LogP contribution >= 0.6 is 0 Å². The Labute approximate surface area is 144 Å². The van der Waals surface area contributed by atoms with Crippen LogP contribution in [-0.2, 0) is 9.53 Å². The molecule has 0 aromatic carbocycles. The lowest BCUT2D eigenvalue weighted by molar-refractivity contribution is -0.141. The Morgan fingerprint density at radius 2 is 2.38 bits per heavy atom. The molecule has 130 valence electrons. The van der Waals surface area contributed by atoms with Gasteiger partial charge in [0.25, 0.3) is 0 Å². The second-order valence-corrected chi connectivity index (χ2v) is 5.59. The average molecular weight is 330 g/mol. The molecule has 0 spiro atoms. The van der Waals surface area contributed by atoms with Crippen molar-refractivity contribution in [3.63, 3.8) is 0 Å². The van der Waals surface area contributed by atoms with Crippen molar-refractivity contribution in [2.45, 2.75) is 31.8 Å². The van der Waals surface area contributed by atoms with Gasteiger partial charge in [0, 0.05) is 14.2 Å². The second-order valence-electron chi connectivity index (χ2n) is 5.59. The van der Waals surface area contributed by atoms with Crippen LogP contribution in [0, 0.1) is 0 Å². The molecule has 1 N–H and O–H groups in total. The Morgan fingerprint density at radius 1 is 1.58 bits per heavy atom. The van der Waals surface area contributed by atoms with Gasteiger partial charge in [0.2, 0.25) is 5.95 Å². The predicted octanol–water partition coefficient (Wildman–Crippen LogP) is 2.96. The first-order chi connectivity index (χ1) is 11.6. The van der Waals surface area contributed by atoms with Crippen LogP contribution in [0.3, 0.4) is 0 Å². The molecule has 1 aromatic rings. The number of anilines is 2. The largest absolute Gasteiger partial charge is 0.467 e. The van der Waals surface area contributed by atoms with Crippen molar-refractivity contribution < 1.29 is 11.0 Å². The van der Waals surface area contributed by atoms with E-state index in [2.05, 4.69) is 28.4 Å². The molecule has 0 amide bonds. The highest BCUT2D eigenvalue weighted by atomic mass is 16.5. The number of carbonyl (C=O) groups is 1. The molecule has 1 fully saturated rings. The van der Waals surface area contributed by atoms with Crippen molar-refractivity contribution >= 4 is 17.7 Å². The zero-order chi connectivity index (χ0) is 17.5. The summed E-state index contributed by atoms with van der Waals surface area (Å²) in [5, 5.41) is 3.25. The molecule has 2 rings (SSSR count). The molecule has 6 heteroatoms. The van der Waals surface area contributed by atoms with Gasteiger partial charge < -0.3 is 15.0 Å². The molecular weight excluding hydrogens is 304 g/mol. The highest BCUT2D eigenvalue weighted by Gasteiger charge is 2.32. The Hall–Kier alpha value is -2.63. The Kier molecular flexibility index (Phi) is 6.12. The van der Waals surface area contributed by atoms with Crippen molar-refractivity contribution in [3.05, 3.63) is 49.2 Å². The average Bonchev–Trinajstić information content (AvgIpc) is 3.08. The fourth-order valence-corrected chi connectivity index (χ4v) is 2.80. The number of aromatic nitrogens is 2. The third-order valence-electron chi connectivity index (χ3n) is 4.05. The van der Waals surface area contributed by atoms with Crippen molar-refractivity contribution in [1.82, 2.24) is 9.97 Å². The highest BCUT2D eigenvalue weighted by Crippen LogP contribution is 2.25. The van der Waals surface area contributed by atoms with E-state index in [0.717, 1.165) is 30.8 Å². The van der Waals surface area contributed by atoms with E-state index in [1.54, 1.807) is 18.3 Å². The van der Waals surface area contributed by atoms with Crippen LogP contribution in [0.25, 0.3) is 0 Å². The van der Waals surface area contributed by atoms with Gasteiger partial charge in [-0.15, -0.1) is 0 Å². The van der Waals surface area contributed by atoms with Gasteiger partial charge in [0.05, 0.1) is 13.2 Å².